The van der Waals surface area contributed by atoms with E-state index in [1.54, 1.807) is 0 Å². The smallest absolute Gasteiger partial charge is 0.119 e. The molecule has 0 aliphatic heterocycles. The van der Waals surface area contributed by atoms with Gasteiger partial charge in [-0.05, 0) is 30.9 Å². The lowest BCUT2D eigenvalue weighted by Crippen LogP contribution is -2.39. The first-order valence-corrected chi connectivity index (χ1v) is 6.85. The van der Waals surface area contributed by atoms with Gasteiger partial charge in [-0.3, -0.25) is 0 Å². The summed E-state index contributed by atoms with van der Waals surface area (Å²) in [5.74, 6) is 1.54. The Bertz CT molecular complexity index is 342. The van der Waals surface area contributed by atoms with Crippen LogP contribution in [0, 0.1) is 5.92 Å². The summed E-state index contributed by atoms with van der Waals surface area (Å²) in [5.41, 5.74) is 0. The van der Waals surface area contributed by atoms with Crippen molar-refractivity contribution in [1.82, 2.24) is 5.32 Å². The summed E-state index contributed by atoms with van der Waals surface area (Å²) in [7, 11) is 0. The highest BCUT2D eigenvalue weighted by Gasteiger charge is 2.23. The van der Waals surface area contributed by atoms with Gasteiger partial charge in [0.2, 0.25) is 0 Å². The fraction of sp³-hybridized carbons (Fsp3) is 0.600. The lowest BCUT2D eigenvalue weighted by molar-refractivity contribution is 0.102. The average Bonchev–Trinajstić information content (AvgIpc) is 2.81. The quantitative estimate of drug-likeness (QED) is 0.812. The van der Waals surface area contributed by atoms with Gasteiger partial charge in [-0.2, -0.15) is 0 Å². The van der Waals surface area contributed by atoms with E-state index in [9.17, 15) is 5.11 Å². The molecule has 18 heavy (non-hydrogen) atoms. The van der Waals surface area contributed by atoms with Crippen LogP contribution in [0.1, 0.15) is 26.2 Å². The van der Waals surface area contributed by atoms with Gasteiger partial charge in [0.1, 0.15) is 18.5 Å². The third kappa shape index (κ3) is 4.00. The number of rotatable bonds is 6. The highest BCUT2D eigenvalue weighted by molar-refractivity contribution is 5.20. The third-order valence-corrected chi connectivity index (χ3v) is 3.66. The molecule has 1 aliphatic carbocycles. The minimum absolute atomic E-state index is 0.345. The summed E-state index contributed by atoms with van der Waals surface area (Å²) >= 11 is 0. The summed E-state index contributed by atoms with van der Waals surface area (Å²) in [5, 5.41) is 13.3. The molecule has 3 nitrogen and oxygen atoms in total. The van der Waals surface area contributed by atoms with Crippen LogP contribution in [0.4, 0.5) is 0 Å². The average molecular weight is 249 g/mol. The van der Waals surface area contributed by atoms with Crippen molar-refractivity contribution >= 4 is 0 Å². The van der Waals surface area contributed by atoms with Gasteiger partial charge >= 0.3 is 0 Å². The van der Waals surface area contributed by atoms with E-state index in [1.807, 2.05) is 30.3 Å². The van der Waals surface area contributed by atoms with Gasteiger partial charge in [-0.15, -0.1) is 0 Å². The molecular formula is C15H23NO2. The molecule has 3 unspecified atom stereocenters. The summed E-state index contributed by atoms with van der Waals surface area (Å²) in [6.07, 6.45) is 3.38. The zero-order valence-electron chi connectivity index (χ0n) is 11.0. The number of benzene rings is 1. The summed E-state index contributed by atoms with van der Waals surface area (Å²) < 4.78 is 5.52. The van der Waals surface area contributed by atoms with Gasteiger partial charge in [0.15, 0.2) is 0 Å². The number of aliphatic hydroxyl groups is 1. The van der Waals surface area contributed by atoms with Gasteiger partial charge in [-0.25, -0.2) is 0 Å². The second-order valence-corrected chi connectivity index (χ2v) is 5.20. The number of nitrogens with one attached hydrogen (secondary N) is 1. The van der Waals surface area contributed by atoms with Crippen molar-refractivity contribution in [1.29, 1.82) is 0 Å². The van der Waals surface area contributed by atoms with Crippen molar-refractivity contribution in [2.24, 2.45) is 5.92 Å². The second-order valence-electron chi connectivity index (χ2n) is 5.20. The van der Waals surface area contributed by atoms with E-state index in [1.165, 1.54) is 19.3 Å². The predicted octanol–water partition coefficient (Wildman–Crippen LogP) is 2.20. The zero-order chi connectivity index (χ0) is 12.8. The van der Waals surface area contributed by atoms with Crippen LogP contribution in [0.5, 0.6) is 5.75 Å². The third-order valence-electron chi connectivity index (χ3n) is 3.66. The van der Waals surface area contributed by atoms with E-state index < -0.39 is 6.10 Å². The molecule has 3 heteroatoms. The minimum Gasteiger partial charge on any atom is -0.491 e. The summed E-state index contributed by atoms with van der Waals surface area (Å²) in [6, 6.07) is 10.2. The fourth-order valence-corrected chi connectivity index (χ4v) is 2.50. The topological polar surface area (TPSA) is 41.5 Å². The van der Waals surface area contributed by atoms with Gasteiger partial charge in [-0.1, -0.05) is 31.5 Å². The van der Waals surface area contributed by atoms with E-state index in [0.717, 1.165) is 11.7 Å². The van der Waals surface area contributed by atoms with E-state index in [-0.39, 0.29) is 0 Å². The number of ether oxygens (including phenoxy) is 1. The van der Waals surface area contributed by atoms with Crippen LogP contribution >= 0.6 is 0 Å². The second kappa shape index (κ2) is 6.76. The minimum atomic E-state index is -0.446. The Morgan fingerprint density at radius 2 is 2.11 bits per heavy atom. The zero-order valence-corrected chi connectivity index (χ0v) is 11.0. The van der Waals surface area contributed by atoms with Gasteiger partial charge in [0.05, 0.1) is 0 Å². The molecule has 1 aromatic carbocycles. The number of hydrogen-bond donors (Lipinski definition) is 2. The highest BCUT2D eigenvalue weighted by Crippen LogP contribution is 2.24. The van der Waals surface area contributed by atoms with Crippen molar-refractivity contribution in [3.05, 3.63) is 30.3 Å². The Hall–Kier alpha value is -1.06. The van der Waals surface area contributed by atoms with Gasteiger partial charge in [0, 0.05) is 12.6 Å². The Kier molecular flexibility index (Phi) is 5.02. The van der Waals surface area contributed by atoms with E-state index >= 15 is 0 Å². The molecule has 0 heterocycles. The normalized spacial score (nSPS) is 25.0. The molecule has 0 saturated heterocycles. The Balaban J connectivity index is 1.64. The molecule has 0 aromatic heterocycles. The van der Waals surface area contributed by atoms with E-state index in [2.05, 4.69) is 12.2 Å². The van der Waals surface area contributed by atoms with Gasteiger partial charge < -0.3 is 15.2 Å². The fourth-order valence-electron chi connectivity index (χ4n) is 2.50. The van der Waals surface area contributed by atoms with Crippen LogP contribution in [0.2, 0.25) is 0 Å². The van der Waals surface area contributed by atoms with Crippen molar-refractivity contribution in [3.8, 4) is 5.75 Å². The van der Waals surface area contributed by atoms with Crippen LogP contribution in [-0.2, 0) is 0 Å². The number of hydrogen-bond acceptors (Lipinski definition) is 3. The lowest BCUT2D eigenvalue weighted by Gasteiger charge is -2.20. The van der Waals surface area contributed by atoms with Crippen LogP contribution in [-0.4, -0.2) is 30.4 Å². The van der Waals surface area contributed by atoms with Crippen LogP contribution in [0.3, 0.4) is 0 Å². The molecule has 1 aliphatic rings. The molecule has 1 saturated carbocycles. The molecular weight excluding hydrogens is 226 g/mol. The molecule has 0 amide bonds. The molecule has 1 aromatic rings. The van der Waals surface area contributed by atoms with Crippen LogP contribution in [0.15, 0.2) is 30.3 Å². The molecule has 1 fully saturated rings. The molecule has 2 rings (SSSR count). The van der Waals surface area contributed by atoms with Crippen molar-refractivity contribution < 1.29 is 9.84 Å². The molecule has 0 radical (unpaired) electrons. The predicted molar refractivity (Wildman–Crippen MR) is 72.7 cm³/mol. The van der Waals surface area contributed by atoms with Crippen LogP contribution < -0.4 is 10.1 Å². The Morgan fingerprint density at radius 1 is 1.33 bits per heavy atom. The van der Waals surface area contributed by atoms with Crippen molar-refractivity contribution in [2.75, 3.05) is 13.2 Å². The van der Waals surface area contributed by atoms with Crippen LogP contribution in [0.25, 0.3) is 0 Å². The molecule has 100 valence electrons. The standard InChI is InChI=1S/C15H23NO2/c1-12-6-5-9-15(12)16-10-13(17)11-18-14-7-3-2-4-8-14/h2-4,7-8,12-13,15-17H,5-6,9-11H2,1H3. The van der Waals surface area contributed by atoms with E-state index in [4.69, 9.17) is 4.74 Å². The maximum absolute atomic E-state index is 9.87. The number of para-hydroxylation sites is 1. The summed E-state index contributed by atoms with van der Waals surface area (Å²) in [4.78, 5) is 0. The number of aliphatic hydroxyl groups excluding tert-OH is 1. The van der Waals surface area contributed by atoms with Gasteiger partial charge in [0.25, 0.3) is 0 Å². The van der Waals surface area contributed by atoms with Crippen molar-refractivity contribution in [2.45, 2.75) is 38.3 Å². The lowest BCUT2D eigenvalue weighted by atomic mass is 10.1. The molecule has 0 bridgehead atoms. The molecule has 3 atom stereocenters. The maximum atomic E-state index is 9.87. The first kappa shape index (κ1) is 13.4. The maximum Gasteiger partial charge on any atom is 0.119 e. The first-order chi connectivity index (χ1) is 8.75. The van der Waals surface area contributed by atoms with Crippen molar-refractivity contribution in [3.63, 3.8) is 0 Å². The first-order valence-electron chi connectivity index (χ1n) is 6.85. The monoisotopic (exact) mass is 249 g/mol. The highest BCUT2D eigenvalue weighted by atomic mass is 16.5. The van der Waals surface area contributed by atoms with E-state index in [0.29, 0.717) is 19.2 Å². The Morgan fingerprint density at radius 3 is 2.78 bits per heavy atom. The Labute approximate surface area is 109 Å². The molecule has 2 N–H and O–H groups in total. The summed E-state index contributed by atoms with van der Waals surface area (Å²) in [6.45, 7) is 3.23. The SMILES string of the molecule is CC1CCCC1NCC(O)COc1ccccc1. The largest absolute Gasteiger partial charge is 0.491 e. The molecule has 0 spiro atoms.